The minimum atomic E-state index is -0.975. The summed E-state index contributed by atoms with van der Waals surface area (Å²) in [6.45, 7) is 9.37. The van der Waals surface area contributed by atoms with E-state index in [0.717, 1.165) is 16.0 Å². The molecule has 1 N–H and O–H groups in total. The van der Waals surface area contributed by atoms with Gasteiger partial charge in [0.25, 0.3) is 0 Å². The van der Waals surface area contributed by atoms with Gasteiger partial charge in [-0.2, -0.15) is 0 Å². The summed E-state index contributed by atoms with van der Waals surface area (Å²) < 4.78 is 0. The monoisotopic (exact) mass is 339 g/mol. The molecule has 23 heavy (non-hydrogen) atoms. The van der Waals surface area contributed by atoms with E-state index in [2.05, 4.69) is 4.85 Å². The Hall–Kier alpha value is -2.42. The molecular weight excluding hydrogens is 326 g/mol. The summed E-state index contributed by atoms with van der Waals surface area (Å²) in [7, 11) is 0. The molecule has 2 aromatic heterocycles. The summed E-state index contributed by atoms with van der Waals surface area (Å²) in [4.78, 5) is 17.4. The van der Waals surface area contributed by atoms with Gasteiger partial charge in [0.2, 0.25) is 5.69 Å². The van der Waals surface area contributed by atoms with Crippen LogP contribution in [0.15, 0.2) is 41.8 Å². The highest BCUT2D eigenvalue weighted by Gasteiger charge is 2.23. The van der Waals surface area contributed by atoms with Crippen molar-refractivity contribution in [2.45, 2.75) is 13.3 Å². The van der Waals surface area contributed by atoms with Crippen LogP contribution in [0.1, 0.15) is 21.5 Å². The molecule has 1 aromatic carbocycles. The highest BCUT2D eigenvalue weighted by atomic mass is 32.1. The van der Waals surface area contributed by atoms with Gasteiger partial charge in [-0.1, -0.05) is 37.3 Å². The van der Waals surface area contributed by atoms with Crippen molar-refractivity contribution in [1.29, 1.82) is 0 Å². The van der Waals surface area contributed by atoms with Crippen molar-refractivity contribution >= 4 is 34.3 Å². The first kappa shape index (κ1) is 15.5. The molecule has 3 nitrogen and oxygen atoms in total. The van der Waals surface area contributed by atoms with E-state index in [1.54, 1.807) is 11.3 Å². The largest absolute Gasteiger partial charge is 0.477 e. The van der Waals surface area contributed by atoms with Crippen molar-refractivity contribution in [3.63, 3.8) is 0 Å². The molecule has 0 radical (unpaired) electrons. The van der Waals surface area contributed by atoms with Gasteiger partial charge in [-0.25, -0.2) is 9.64 Å². The maximum absolute atomic E-state index is 11.6. The molecular formula is C18H13NO2S2. The first-order valence-electron chi connectivity index (χ1n) is 7.06. The van der Waals surface area contributed by atoms with E-state index in [1.807, 2.05) is 48.7 Å². The summed E-state index contributed by atoms with van der Waals surface area (Å²) in [5, 5.41) is 11.5. The van der Waals surface area contributed by atoms with Gasteiger partial charge in [0.15, 0.2) is 0 Å². The predicted octanol–water partition coefficient (Wildman–Crippen LogP) is 5.95. The zero-order chi connectivity index (χ0) is 16.4. The molecule has 5 heteroatoms. The van der Waals surface area contributed by atoms with Crippen LogP contribution in [0.4, 0.5) is 5.69 Å². The molecule has 3 aromatic rings. The Kier molecular flexibility index (Phi) is 4.28. The van der Waals surface area contributed by atoms with Gasteiger partial charge < -0.3 is 5.11 Å². The van der Waals surface area contributed by atoms with Crippen LogP contribution in [0.25, 0.3) is 26.4 Å². The Labute approximate surface area is 142 Å². The van der Waals surface area contributed by atoms with Crippen LogP contribution in [0, 0.1) is 6.57 Å². The van der Waals surface area contributed by atoms with Crippen molar-refractivity contribution in [3.8, 4) is 21.6 Å². The number of benzene rings is 1. The van der Waals surface area contributed by atoms with Gasteiger partial charge in [-0.05, 0) is 29.0 Å². The number of carboxylic acids is 1. The summed E-state index contributed by atoms with van der Waals surface area (Å²) in [6, 6.07) is 11.8. The topological polar surface area (TPSA) is 41.7 Å². The Bertz CT molecular complexity index is 884. The third-order valence-corrected chi connectivity index (χ3v) is 5.79. The molecule has 0 atom stereocenters. The van der Waals surface area contributed by atoms with Gasteiger partial charge >= 0.3 is 5.97 Å². The molecule has 2 heterocycles. The lowest BCUT2D eigenvalue weighted by atomic mass is 10.0. The average Bonchev–Trinajstić information content (AvgIpc) is 3.22. The van der Waals surface area contributed by atoms with Gasteiger partial charge in [-0.3, -0.25) is 0 Å². The lowest BCUT2D eigenvalue weighted by Crippen LogP contribution is -1.94. The Morgan fingerprint density at radius 3 is 2.43 bits per heavy atom. The first-order valence-corrected chi connectivity index (χ1v) is 8.76. The molecule has 0 aliphatic carbocycles. The van der Waals surface area contributed by atoms with Crippen LogP contribution in [0.2, 0.25) is 0 Å². The zero-order valence-electron chi connectivity index (χ0n) is 12.4. The second-order valence-corrected chi connectivity index (χ2v) is 6.96. The molecule has 0 bridgehead atoms. The van der Waals surface area contributed by atoms with Crippen molar-refractivity contribution < 1.29 is 9.90 Å². The molecule has 0 unspecified atom stereocenters. The van der Waals surface area contributed by atoms with E-state index >= 15 is 0 Å². The summed E-state index contributed by atoms with van der Waals surface area (Å²) in [5.41, 5.74) is 2.89. The van der Waals surface area contributed by atoms with E-state index in [0.29, 0.717) is 17.7 Å². The minimum Gasteiger partial charge on any atom is -0.477 e. The maximum Gasteiger partial charge on any atom is 0.345 e. The number of hydrogen-bond donors (Lipinski definition) is 1. The van der Waals surface area contributed by atoms with Gasteiger partial charge in [0.1, 0.15) is 4.88 Å². The van der Waals surface area contributed by atoms with Gasteiger partial charge in [-0.15, -0.1) is 22.7 Å². The number of thiophene rings is 2. The predicted molar refractivity (Wildman–Crippen MR) is 95.7 cm³/mol. The lowest BCUT2D eigenvalue weighted by molar-refractivity contribution is 0.0703. The quantitative estimate of drug-likeness (QED) is 0.596. The number of carboxylic acid groups (broad SMARTS) is 1. The molecule has 0 spiro atoms. The van der Waals surface area contributed by atoms with Crippen molar-refractivity contribution in [3.05, 3.63) is 62.9 Å². The second-order valence-electron chi connectivity index (χ2n) is 4.90. The van der Waals surface area contributed by atoms with E-state index in [-0.39, 0.29) is 4.88 Å². The van der Waals surface area contributed by atoms with Crippen LogP contribution in [0.3, 0.4) is 0 Å². The zero-order valence-corrected chi connectivity index (χ0v) is 14.0. The van der Waals surface area contributed by atoms with E-state index in [4.69, 9.17) is 6.57 Å². The summed E-state index contributed by atoms with van der Waals surface area (Å²) in [6.07, 6.45) is 0.663. The highest BCUT2D eigenvalue weighted by molar-refractivity contribution is 7.15. The van der Waals surface area contributed by atoms with Crippen LogP contribution >= 0.6 is 22.7 Å². The summed E-state index contributed by atoms with van der Waals surface area (Å²) in [5.74, 6) is -0.975. The molecule has 114 valence electrons. The van der Waals surface area contributed by atoms with Crippen LogP contribution in [-0.2, 0) is 6.42 Å². The number of aromatic carboxylic acids is 1. The maximum atomic E-state index is 11.6. The van der Waals surface area contributed by atoms with Gasteiger partial charge in [0, 0.05) is 15.3 Å². The van der Waals surface area contributed by atoms with Crippen LogP contribution in [0.5, 0.6) is 0 Å². The van der Waals surface area contributed by atoms with Crippen molar-refractivity contribution in [2.24, 2.45) is 0 Å². The fourth-order valence-corrected chi connectivity index (χ4v) is 4.26. The minimum absolute atomic E-state index is 0.247. The third-order valence-electron chi connectivity index (χ3n) is 3.56. The third kappa shape index (κ3) is 2.79. The number of carbonyl (C=O) groups is 1. The lowest BCUT2D eigenvalue weighted by Gasteiger charge is -2.04. The van der Waals surface area contributed by atoms with E-state index in [9.17, 15) is 9.90 Å². The number of rotatable bonds is 4. The number of nitrogens with zero attached hydrogens (tertiary/aromatic N) is 1. The molecule has 0 saturated carbocycles. The SMILES string of the molecule is [C-]#[N+]c1c(CC)sc(C(=O)O)c1-c1ccc(-c2cccs2)cc1. The normalized spacial score (nSPS) is 10.4. The Balaban J connectivity index is 2.13. The number of aryl methyl sites for hydroxylation is 1. The molecule has 0 aliphatic heterocycles. The molecule has 0 amide bonds. The second kappa shape index (κ2) is 6.37. The summed E-state index contributed by atoms with van der Waals surface area (Å²) >= 11 is 2.86. The van der Waals surface area contributed by atoms with Crippen molar-refractivity contribution in [2.75, 3.05) is 0 Å². The van der Waals surface area contributed by atoms with Crippen LogP contribution < -0.4 is 0 Å². The fourth-order valence-electron chi connectivity index (χ4n) is 2.49. The van der Waals surface area contributed by atoms with E-state index < -0.39 is 5.97 Å². The smallest absolute Gasteiger partial charge is 0.345 e. The van der Waals surface area contributed by atoms with Crippen LogP contribution in [-0.4, -0.2) is 11.1 Å². The Morgan fingerprint density at radius 1 is 1.22 bits per heavy atom. The van der Waals surface area contributed by atoms with E-state index in [1.165, 1.54) is 16.2 Å². The molecule has 3 rings (SSSR count). The molecule has 0 aliphatic rings. The number of hydrogen-bond acceptors (Lipinski definition) is 3. The fraction of sp³-hybridized carbons (Fsp3) is 0.111. The standard InChI is InChI=1S/C18H13NO2S2/c1-3-13-16(19-2)15(17(23-13)18(20)21)12-8-6-11(7-9-12)14-5-4-10-22-14/h4-10H,3H2,1H3,(H,20,21). The highest BCUT2D eigenvalue weighted by Crippen LogP contribution is 2.43. The molecule has 0 fully saturated rings. The van der Waals surface area contributed by atoms with Crippen molar-refractivity contribution in [1.82, 2.24) is 0 Å². The first-order chi connectivity index (χ1) is 11.2. The molecule has 0 saturated heterocycles. The average molecular weight is 339 g/mol. The Morgan fingerprint density at radius 2 is 1.91 bits per heavy atom. The van der Waals surface area contributed by atoms with Gasteiger partial charge in [0.05, 0.1) is 6.57 Å².